The van der Waals surface area contributed by atoms with E-state index < -0.39 is 52.4 Å². The zero-order valence-electron chi connectivity index (χ0n) is 17.7. The molecule has 3 aromatic heterocycles. The number of hydrogen-bond donors (Lipinski definition) is 1. The number of nitrogens with zero attached hydrogens (tertiary/aromatic N) is 6. The Hall–Kier alpha value is -4.27. The Bertz CT molecular complexity index is 1490. The number of rotatable bonds is 4. The molecule has 0 unspecified atom stereocenters. The fourth-order valence-corrected chi connectivity index (χ4v) is 3.80. The number of halogens is 6. The van der Waals surface area contributed by atoms with Crippen molar-refractivity contribution in [3.63, 3.8) is 0 Å². The second kappa shape index (κ2) is 8.15. The van der Waals surface area contributed by atoms with Crippen LogP contribution in [0.25, 0.3) is 17.1 Å². The third-order valence-electron chi connectivity index (χ3n) is 4.92. The Balaban J connectivity index is 1.54. The fourth-order valence-electron chi connectivity index (χ4n) is 3.56. The van der Waals surface area contributed by atoms with E-state index in [9.17, 15) is 26.7 Å². The van der Waals surface area contributed by atoms with E-state index in [1.54, 1.807) is 0 Å². The molecule has 0 saturated carbocycles. The summed E-state index contributed by atoms with van der Waals surface area (Å²) in [7, 11) is 1.10. The molecule has 1 amide bonds. The van der Waals surface area contributed by atoms with E-state index >= 15 is 0 Å². The van der Waals surface area contributed by atoms with Crippen molar-refractivity contribution in [3.8, 4) is 28.6 Å². The summed E-state index contributed by atoms with van der Waals surface area (Å²) in [6.45, 7) is 0. The van der Waals surface area contributed by atoms with E-state index in [2.05, 4.69) is 35.1 Å². The summed E-state index contributed by atoms with van der Waals surface area (Å²) in [6.07, 6.45) is -5.27. The van der Waals surface area contributed by atoms with Gasteiger partial charge in [0.15, 0.2) is 17.3 Å². The number of fused-ring (bicyclic) bond motifs is 1. The highest BCUT2D eigenvalue weighted by molar-refractivity contribution is 6.32. The number of nitrogens with one attached hydrogen (secondary N) is 1. The average molecular weight is 528 g/mol. The number of amides is 1. The molecule has 1 aliphatic heterocycles. The molecule has 5 rings (SSSR count). The maximum atomic E-state index is 14.2. The second-order valence-electron chi connectivity index (χ2n) is 7.30. The highest BCUT2D eigenvalue weighted by atomic mass is 35.5. The minimum Gasteiger partial charge on any atom is -0.395 e. The van der Waals surface area contributed by atoms with Gasteiger partial charge >= 0.3 is 12.5 Å². The molecule has 1 aliphatic rings. The monoisotopic (exact) mass is 527 g/mol. The number of ether oxygens (including phenoxy) is 2. The van der Waals surface area contributed by atoms with Gasteiger partial charge in [-0.2, -0.15) is 28.5 Å². The minimum atomic E-state index is -5.10. The number of hydrogen-bond acceptors (Lipinski definition) is 7. The molecular formula is C20H11ClF5N7O3. The number of pyridine rings is 1. The number of anilines is 1. The van der Waals surface area contributed by atoms with Gasteiger partial charge in [0, 0.05) is 12.6 Å². The number of alkyl halides is 5. The van der Waals surface area contributed by atoms with E-state index in [1.165, 1.54) is 24.5 Å². The summed E-state index contributed by atoms with van der Waals surface area (Å²) in [6, 6.07) is 4.63. The van der Waals surface area contributed by atoms with Crippen LogP contribution in [0.1, 0.15) is 16.1 Å². The molecule has 0 fully saturated rings. The van der Waals surface area contributed by atoms with Crippen molar-refractivity contribution in [1.82, 2.24) is 29.8 Å². The van der Waals surface area contributed by atoms with Gasteiger partial charge in [-0.1, -0.05) is 17.7 Å². The largest absolute Gasteiger partial charge is 0.586 e. The number of aromatic nitrogens is 6. The van der Waals surface area contributed by atoms with Crippen LogP contribution in [0.5, 0.6) is 11.5 Å². The van der Waals surface area contributed by atoms with Crippen LogP contribution in [-0.4, -0.2) is 42.0 Å². The normalized spacial score (nSPS) is 14.2. The molecule has 10 nitrogen and oxygen atoms in total. The first-order chi connectivity index (χ1) is 16.9. The Morgan fingerprint density at radius 2 is 1.89 bits per heavy atom. The molecule has 0 radical (unpaired) electrons. The van der Waals surface area contributed by atoms with Crippen LogP contribution in [0.15, 0.2) is 42.9 Å². The lowest BCUT2D eigenvalue weighted by Gasteiger charge is -2.12. The van der Waals surface area contributed by atoms with Crippen LogP contribution < -0.4 is 14.8 Å². The van der Waals surface area contributed by atoms with Crippen LogP contribution in [0.2, 0.25) is 5.02 Å². The molecule has 0 spiro atoms. The molecule has 0 bridgehead atoms. The molecule has 16 heteroatoms. The molecule has 1 aromatic carbocycles. The highest BCUT2D eigenvalue weighted by Crippen LogP contribution is 2.49. The quantitative estimate of drug-likeness (QED) is 0.394. The third-order valence-corrected chi connectivity index (χ3v) is 5.20. The molecule has 0 saturated heterocycles. The van der Waals surface area contributed by atoms with Crippen molar-refractivity contribution in [3.05, 3.63) is 59.1 Å². The molecule has 4 aromatic rings. The third kappa shape index (κ3) is 4.06. The first-order valence-electron chi connectivity index (χ1n) is 9.81. The summed E-state index contributed by atoms with van der Waals surface area (Å²) in [5, 5.41) is 13.8. The number of carbonyl (C=O) groups is 1. The zero-order valence-corrected chi connectivity index (χ0v) is 18.5. The smallest absolute Gasteiger partial charge is 0.395 e. The van der Waals surface area contributed by atoms with Gasteiger partial charge in [-0.15, -0.1) is 13.6 Å². The first kappa shape index (κ1) is 23.5. The van der Waals surface area contributed by atoms with Crippen molar-refractivity contribution in [1.29, 1.82) is 0 Å². The molecule has 0 aliphatic carbocycles. The maximum absolute atomic E-state index is 14.2. The molecular weight excluding hydrogens is 517 g/mol. The highest BCUT2D eigenvalue weighted by Gasteiger charge is 2.47. The number of benzene rings is 1. The van der Waals surface area contributed by atoms with Crippen molar-refractivity contribution < 1.29 is 36.2 Å². The Labute approximate surface area is 202 Å². The van der Waals surface area contributed by atoms with Crippen LogP contribution in [0.4, 0.5) is 27.6 Å². The van der Waals surface area contributed by atoms with E-state index in [0.29, 0.717) is 4.68 Å². The van der Waals surface area contributed by atoms with Crippen LogP contribution >= 0.6 is 11.6 Å². The standard InChI is InChI=1S/C20H11ClF5N7O3/c1-32-15(18(34)30-9-7-11(21)17(27-8-9)33-28-5-6-29-33)13(19(22,23)24)14(31-32)10-3-2-4-12-16(10)36-20(25,26)35-12/h2-8H,1H3,(H,30,34). The Morgan fingerprint density at radius 3 is 2.56 bits per heavy atom. The lowest BCUT2D eigenvalue weighted by Crippen LogP contribution is -2.26. The van der Waals surface area contributed by atoms with Gasteiger partial charge in [0.1, 0.15) is 17.0 Å². The minimum absolute atomic E-state index is 0.00339. The Morgan fingerprint density at radius 1 is 1.17 bits per heavy atom. The van der Waals surface area contributed by atoms with Crippen molar-refractivity contribution in [2.75, 3.05) is 5.32 Å². The predicted octanol–water partition coefficient (Wildman–Crippen LogP) is 4.31. The van der Waals surface area contributed by atoms with Gasteiger partial charge in [-0.05, 0) is 18.2 Å². The fraction of sp³-hybridized carbons (Fsp3) is 0.150. The van der Waals surface area contributed by atoms with Crippen LogP contribution in [0.3, 0.4) is 0 Å². The number of aryl methyl sites for hydroxylation is 1. The van der Waals surface area contributed by atoms with Gasteiger partial charge in [0.05, 0.1) is 29.3 Å². The summed E-state index contributed by atoms with van der Waals surface area (Å²) in [5.41, 5.74) is -3.63. The lowest BCUT2D eigenvalue weighted by atomic mass is 10.0. The second-order valence-corrected chi connectivity index (χ2v) is 7.70. The van der Waals surface area contributed by atoms with Crippen LogP contribution in [0, 0.1) is 0 Å². The average Bonchev–Trinajstić information content (AvgIpc) is 3.49. The van der Waals surface area contributed by atoms with Crippen molar-refractivity contribution in [2.45, 2.75) is 12.5 Å². The maximum Gasteiger partial charge on any atom is 0.586 e. The Kier molecular flexibility index (Phi) is 5.31. The first-order valence-corrected chi connectivity index (χ1v) is 10.2. The van der Waals surface area contributed by atoms with E-state index in [1.807, 2.05) is 0 Å². The van der Waals surface area contributed by atoms with Gasteiger partial charge in [0.2, 0.25) is 0 Å². The predicted molar refractivity (Wildman–Crippen MR) is 112 cm³/mol. The van der Waals surface area contributed by atoms with Gasteiger partial charge in [-0.3, -0.25) is 9.48 Å². The topological polar surface area (TPSA) is 109 Å². The summed E-state index contributed by atoms with van der Waals surface area (Å²) >= 11 is 6.15. The summed E-state index contributed by atoms with van der Waals surface area (Å²) < 4.78 is 79.1. The molecule has 0 atom stereocenters. The molecule has 4 heterocycles. The zero-order chi connectivity index (χ0) is 25.8. The van der Waals surface area contributed by atoms with E-state index in [4.69, 9.17) is 11.6 Å². The van der Waals surface area contributed by atoms with E-state index in [-0.39, 0.29) is 16.5 Å². The van der Waals surface area contributed by atoms with E-state index in [0.717, 1.165) is 30.2 Å². The number of para-hydroxylation sites is 1. The van der Waals surface area contributed by atoms with Gasteiger partial charge < -0.3 is 14.8 Å². The van der Waals surface area contributed by atoms with Crippen molar-refractivity contribution >= 4 is 23.2 Å². The summed E-state index contributed by atoms with van der Waals surface area (Å²) in [4.78, 5) is 18.1. The van der Waals surface area contributed by atoms with Gasteiger partial charge in [0.25, 0.3) is 5.91 Å². The molecule has 1 N–H and O–H groups in total. The van der Waals surface area contributed by atoms with Crippen molar-refractivity contribution in [2.24, 2.45) is 7.05 Å². The van der Waals surface area contributed by atoms with Crippen LogP contribution in [-0.2, 0) is 13.2 Å². The van der Waals surface area contributed by atoms with Gasteiger partial charge in [-0.25, -0.2) is 4.98 Å². The molecule has 186 valence electrons. The lowest BCUT2D eigenvalue weighted by molar-refractivity contribution is -0.286. The number of carbonyl (C=O) groups excluding carboxylic acids is 1. The molecule has 36 heavy (non-hydrogen) atoms. The summed E-state index contributed by atoms with van der Waals surface area (Å²) in [5.74, 6) is -2.21. The SMILES string of the molecule is Cn1nc(-c2cccc3c2OC(F)(F)O3)c(C(F)(F)F)c1C(=O)Nc1cnc(-n2nccn2)c(Cl)c1.